The van der Waals surface area contributed by atoms with Gasteiger partial charge in [-0.25, -0.2) is 16.8 Å². The second kappa shape index (κ2) is 5.90. The van der Waals surface area contributed by atoms with Gasteiger partial charge in [-0.05, 0) is 62.8 Å². The molecule has 2 bridgehead atoms. The predicted octanol–water partition coefficient (Wildman–Crippen LogP) is 3.15. The first-order chi connectivity index (χ1) is 13.3. The van der Waals surface area contributed by atoms with Crippen molar-refractivity contribution in [3.05, 3.63) is 60.2 Å². The van der Waals surface area contributed by atoms with E-state index in [4.69, 9.17) is 0 Å². The smallest absolute Gasteiger partial charge is 0.223 e. The summed E-state index contributed by atoms with van der Waals surface area (Å²) in [6.45, 7) is 1.91. The number of hydrogen-bond donors (Lipinski definition) is 0. The molecule has 0 aromatic heterocycles. The molecule has 3 aliphatic carbocycles. The number of sulfone groups is 1. The molecule has 1 saturated heterocycles. The van der Waals surface area contributed by atoms with Crippen molar-refractivity contribution in [1.82, 2.24) is 4.31 Å². The van der Waals surface area contributed by atoms with Crippen molar-refractivity contribution in [3.63, 3.8) is 0 Å². The average molecular weight is 418 g/mol. The fourth-order valence-corrected chi connectivity index (χ4v) is 9.70. The molecule has 0 amide bonds. The number of sulfonamides is 1. The maximum Gasteiger partial charge on any atom is 0.243 e. The van der Waals surface area contributed by atoms with Gasteiger partial charge < -0.3 is 0 Å². The Balaban J connectivity index is 1.56. The third-order valence-corrected chi connectivity index (χ3v) is 11.2. The molecule has 28 heavy (non-hydrogen) atoms. The zero-order valence-electron chi connectivity index (χ0n) is 15.7. The Bertz CT molecular complexity index is 1120. The van der Waals surface area contributed by atoms with E-state index in [1.165, 1.54) is 4.31 Å². The van der Waals surface area contributed by atoms with Crippen LogP contribution in [-0.2, 0) is 19.9 Å². The molecule has 0 N–H and O–H groups in total. The molecule has 7 heteroatoms. The Kier molecular flexibility index (Phi) is 3.87. The topological polar surface area (TPSA) is 71.3 Å². The third kappa shape index (κ3) is 2.39. The van der Waals surface area contributed by atoms with Gasteiger partial charge in [-0.15, -0.1) is 0 Å². The Labute approximate surface area is 166 Å². The first-order valence-electron chi connectivity index (χ1n) is 9.67. The van der Waals surface area contributed by atoms with Crippen LogP contribution >= 0.6 is 0 Å². The summed E-state index contributed by atoms with van der Waals surface area (Å²) in [5, 5.41) is 0. The second-order valence-electron chi connectivity index (χ2n) is 8.39. The Hall–Kier alpha value is -1.70. The van der Waals surface area contributed by atoms with Gasteiger partial charge in [-0.1, -0.05) is 35.9 Å². The summed E-state index contributed by atoms with van der Waals surface area (Å²) in [4.78, 5) is 0.544. The summed E-state index contributed by atoms with van der Waals surface area (Å²) in [5.41, 5.74) is 0.990. The molecule has 3 atom stereocenters. The predicted molar refractivity (Wildman–Crippen MR) is 106 cm³/mol. The van der Waals surface area contributed by atoms with E-state index in [2.05, 4.69) is 0 Å². The lowest BCUT2D eigenvalue weighted by Crippen LogP contribution is -2.55. The van der Waals surface area contributed by atoms with Crippen LogP contribution in [-0.4, -0.2) is 38.0 Å². The minimum atomic E-state index is -3.70. The quantitative estimate of drug-likeness (QED) is 0.717. The molecule has 148 valence electrons. The Morgan fingerprint density at radius 1 is 0.857 bits per heavy atom. The van der Waals surface area contributed by atoms with E-state index in [9.17, 15) is 16.8 Å². The van der Waals surface area contributed by atoms with E-state index < -0.39 is 30.6 Å². The van der Waals surface area contributed by atoms with E-state index in [1.54, 1.807) is 54.6 Å². The van der Waals surface area contributed by atoms with Crippen molar-refractivity contribution in [2.24, 2.45) is 5.92 Å². The molecular weight excluding hydrogens is 394 g/mol. The molecule has 1 unspecified atom stereocenters. The highest BCUT2D eigenvalue weighted by atomic mass is 32.2. The molecule has 2 aromatic rings. The normalized spacial score (nSPS) is 34.0. The van der Waals surface area contributed by atoms with E-state index in [0.717, 1.165) is 18.4 Å². The van der Waals surface area contributed by atoms with Crippen LogP contribution in [0.25, 0.3) is 0 Å². The number of rotatable bonds is 4. The van der Waals surface area contributed by atoms with Gasteiger partial charge in [0.05, 0.1) is 20.6 Å². The summed E-state index contributed by atoms with van der Waals surface area (Å²) >= 11 is 0. The molecule has 0 spiro atoms. The minimum absolute atomic E-state index is 0.211. The zero-order valence-corrected chi connectivity index (χ0v) is 17.3. The molecule has 1 heterocycles. The van der Waals surface area contributed by atoms with Crippen molar-refractivity contribution in [2.75, 3.05) is 0 Å². The van der Waals surface area contributed by atoms with Crippen LogP contribution in [0.5, 0.6) is 0 Å². The molecular formula is C21H23NO4S2. The van der Waals surface area contributed by atoms with Crippen molar-refractivity contribution >= 4 is 19.9 Å². The van der Waals surface area contributed by atoms with Crippen LogP contribution in [0.4, 0.5) is 0 Å². The van der Waals surface area contributed by atoms with E-state index >= 15 is 0 Å². The number of fused-ring (bicyclic) bond motifs is 1. The molecule has 6 rings (SSSR count). The summed E-state index contributed by atoms with van der Waals surface area (Å²) in [6, 6.07) is 14.6. The number of nitrogens with zero attached hydrogens (tertiary/aromatic N) is 1. The summed E-state index contributed by atoms with van der Waals surface area (Å²) in [5.74, 6) is 0.384. The van der Waals surface area contributed by atoms with Crippen molar-refractivity contribution in [2.45, 2.75) is 59.2 Å². The Morgan fingerprint density at radius 2 is 1.50 bits per heavy atom. The molecule has 4 fully saturated rings. The summed E-state index contributed by atoms with van der Waals surface area (Å²) in [7, 11) is -7.32. The first kappa shape index (κ1) is 18.3. The highest BCUT2D eigenvalue weighted by molar-refractivity contribution is 7.93. The van der Waals surface area contributed by atoms with E-state index in [-0.39, 0.29) is 10.9 Å². The maximum absolute atomic E-state index is 13.6. The van der Waals surface area contributed by atoms with Crippen molar-refractivity contribution in [3.8, 4) is 0 Å². The van der Waals surface area contributed by atoms with E-state index in [0.29, 0.717) is 23.7 Å². The lowest BCUT2D eigenvalue weighted by molar-refractivity contribution is 0.201. The number of hydrogen-bond acceptors (Lipinski definition) is 4. The van der Waals surface area contributed by atoms with Crippen LogP contribution in [0, 0.1) is 12.8 Å². The molecule has 4 aliphatic rings. The Morgan fingerprint density at radius 3 is 2.14 bits per heavy atom. The third-order valence-electron chi connectivity index (χ3n) is 6.74. The van der Waals surface area contributed by atoms with Gasteiger partial charge >= 0.3 is 0 Å². The largest absolute Gasteiger partial charge is 0.243 e. The molecule has 0 radical (unpaired) electrons. The highest BCUT2D eigenvalue weighted by Gasteiger charge is 2.74. The van der Waals surface area contributed by atoms with Gasteiger partial charge in [0.15, 0.2) is 9.84 Å². The van der Waals surface area contributed by atoms with Gasteiger partial charge in [-0.2, -0.15) is 4.31 Å². The van der Waals surface area contributed by atoms with Crippen LogP contribution in [0.3, 0.4) is 0 Å². The standard InChI is InChI=1S/C21H23NO4S2/c1-15-7-10-18(11-8-15)28(25,26)22-19-12-9-16-13-21(14-16,20(19)22)27(23,24)17-5-3-2-4-6-17/h2-8,10-11,16,19-20H,9,12-14H2,1H3/t16?,19-,20-,21?,22?/m0/s1. The first-order valence-corrected chi connectivity index (χ1v) is 12.6. The average Bonchev–Trinajstić information content (AvgIpc) is 3.39. The van der Waals surface area contributed by atoms with Crippen LogP contribution in [0.2, 0.25) is 0 Å². The van der Waals surface area contributed by atoms with Gasteiger partial charge in [0.2, 0.25) is 10.0 Å². The summed E-state index contributed by atoms with van der Waals surface area (Å²) in [6.07, 6.45) is 2.76. The molecule has 5 nitrogen and oxygen atoms in total. The number of benzene rings is 2. The van der Waals surface area contributed by atoms with Gasteiger partial charge in [0, 0.05) is 6.04 Å². The fraction of sp³-hybridized carbons (Fsp3) is 0.429. The molecule has 1 aliphatic heterocycles. The van der Waals surface area contributed by atoms with Gasteiger partial charge in [-0.3, -0.25) is 0 Å². The van der Waals surface area contributed by atoms with Crippen LogP contribution in [0.15, 0.2) is 64.4 Å². The van der Waals surface area contributed by atoms with Crippen molar-refractivity contribution < 1.29 is 16.8 Å². The monoisotopic (exact) mass is 417 g/mol. The van der Waals surface area contributed by atoms with Crippen LogP contribution in [0.1, 0.15) is 31.2 Å². The lowest BCUT2D eigenvalue weighted by atomic mass is 9.72. The number of aryl methyl sites for hydroxylation is 1. The lowest BCUT2D eigenvalue weighted by Gasteiger charge is -2.46. The summed E-state index contributed by atoms with van der Waals surface area (Å²) < 4.78 is 54.2. The molecule has 3 saturated carbocycles. The van der Waals surface area contributed by atoms with E-state index in [1.807, 2.05) is 6.92 Å². The van der Waals surface area contributed by atoms with Crippen molar-refractivity contribution in [1.29, 1.82) is 0 Å². The van der Waals surface area contributed by atoms with Gasteiger partial charge in [0.25, 0.3) is 0 Å². The highest BCUT2D eigenvalue weighted by Crippen LogP contribution is 2.62. The minimum Gasteiger partial charge on any atom is -0.223 e. The maximum atomic E-state index is 13.6. The second-order valence-corrected chi connectivity index (χ2v) is 12.5. The molecule has 2 aromatic carbocycles. The van der Waals surface area contributed by atoms with Crippen LogP contribution < -0.4 is 0 Å². The SMILES string of the molecule is Cc1ccc(S(=O)(=O)N2[C@H]3[C@@H]2CCC2CC3(S(=O)(=O)c3ccccc3)C2)cc1. The fourth-order valence-electron chi connectivity index (χ4n) is 5.27. The zero-order chi connectivity index (χ0) is 19.7. The van der Waals surface area contributed by atoms with Gasteiger partial charge in [0.1, 0.15) is 0 Å².